The minimum Gasteiger partial charge on any atom is -0.478 e. The average Bonchev–Trinajstić information content (AvgIpc) is 2.87. The van der Waals surface area contributed by atoms with Crippen LogP contribution in [-0.2, 0) is 11.2 Å². The highest BCUT2D eigenvalue weighted by Gasteiger charge is 2.34. The Morgan fingerprint density at radius 3 is 2.74 bits per heavy atom. The topological polar surface area (TPSA) is 21.6 Å². The summed E-state index contributed by atoms with van der Waals surface area (Å²) in [6.07, 6.45) is 3.61. The smallest absolute Gasteiger partial charge is 0.191 e. The Balaban J connectivity index is 1.89. The van der Waals surface area contributed by atoms with Gasteiger partial charge >= 0.3 is 0 Å². The van der Waals surface area contributed by atoms with Crippen molar-refractivity contribution in [2.24, 2.45) is 10.4 Å². The summed E-state index contributed by atoms with van der Waals surface area (Å²) in [5, 5.41) is 0. The third-order valence-electron chi connectivity index (χ3n) is 4.34. The molecule has 3 rings (SSSR count). The van der Waals surface area contributed by atoms with Crippen LogP contribution in [0.15, 0.2) is 29.3 Å². The van der Waals surface area contributed by atoms with Crippen molar-refractivity contribution >= 4 is 5.90 Å². The van der Waals surface area contributed by atoms with E-state index in [1.54, 1.807) is 0 Å². The number of hydrogen-bond donors (Lipinski definition) is 0. The van der Waals surface area contributed by atoms with Crippen LogP contribution in [0.25, 0.3) is 0 Å². The van der Waals surface area contributed by atoms with E-state index < -0.39 is 0 Å². The van der Waals surface area contributed by atoms with Gasteiger partial charge in [-0.25, -0.2) is 4.99 Å². The van der Waals surface area contributed by atoms with Crippen molar-refractivity contribution in [1.29, 1.82) is 0 Å². The predicted molar refractivity (Wildman–Crippen MR) is 78.8 cm³/mol. The summed E-state index contributed by atoms with van der Waals surface area (Å²) in [4.78, 5) is 4.88. The molecule has 1 aromatic rings. The highest BCUT2D eigenvalue weighted by Crippen LogP contribution is 2.36. The molecular weight excluding hydrogens is 234 g/mol. The zero-order valence-electron chi connectivity index (χ0n) is 12.1. The molecule has 2 heteroatoms. The number of benzene rings is 1. The number of rotatable bonds is 1. The van der Waals surface area contributed by atoms with Crippen molar-refractivity contribution in [3.63, 3.8) is 0 Å². The molecular formula is C17H23NO. The summed E-state index contributed by atoms with van der Waals surface area (Å²) in [7, 11) is 0. The lowest BCUT2D eigenvalue weighted by Gasteiger charge is -2.24. The monoisotopic (exact) mass is 257 g/mol. The first kappa shape index (κ1) is 12.7. The van der Waals surface area contributed by atoms with Crippen LogP contribution in [0, 0.1) is 5.41 Å². The van der Waals surface area contributed by atoms with Gasteiger partial charge < -0.3 is 4.74 Å². The maximum absolute atomic E-state index is 5.94. The maximum atomic E-state index is 5.94. The molecule has 1 aromatic carbocycles. The van der Waals surface area contributed by atoms with Crippen molar-refractivity contribution < 1.29 is 4.74 Å². The van der Waals surface area contributed by atoms with Crippen LogP contribution in [0.1, 0.15) is 50.7 Å². The van der Waals surface area contributed by atoms with Gasteiger partial charge in [0.25, 0.3) is 0 Å². The van der Waals surface area contributed by atoms with Crippen molar-refractivity contribution in [1.82, 2.24) is 0 Å². The van der Waals surface area contributed by atoms with Crippen molar-refractivity contribution in [3.8, 4) is 0 Å². The zero-order valence-corrected chi connectivity index (χ0v) is 12.1. The van der Waals surface area contributed by atoms with Crippen LogP contribution >= 0.6 is 0 Å². The Morgan fingerprint density at radius 2 is 2.00 bits per heavy atom. The van der Waals surface area contributed by atoms with Crippen LogP contribution in [0.3, 0.4) is 0 Å². The summed E-state index contributed by atoms with van der Waals surface area (Å²) in [6.45, 7) is 7.46. The molecule has 2 nitrogen and oxygen atoms in total. The van der Waals surface area contributed by atoms with Gasteiger partial charge in [-0.15, -0.1) is 0 Å². The minimum absolute atomic E-state index is 0.190. The lowest BCUT2D eigenvalue weighted by atomic mass is 9.82. The van der Waals surface area contributed by atoms with Gasteiger partial charge in [-0.1, -0.05) is 45.0 Å². The largest absolute Gasteiger partial charge is 0.478 e. The van der Waals surface area contributed by atoms with Gasteiger partial charge in [0.1, 0.15) is 6.61 Å². The third-order valence-corrected chi connectivity index (χ3v) is 4.34. The minimum atomic E-state index is 0.190. The van der Waals surface area contributed by atoms with Crippen molar-refractivity contribution in [2.75, 3.05) is 6.61 Å². The highest BCUT2D eigenvalue weighted by molar-refractivity contribution is 5.85. The van der Waals surface area contributed by atoms with E-state index in [0.717, 1.165) is 12.5 Å². The molecule has 1 aliphatic heterocycles. The van der Waals surface area contributed by atoms with Crippen LogP contribution in [0.4, 0.5) is 0 Å². The molecule has 102 valence electrons. The quantitative estimate of drug-likeness (QED) is 0.746. The van der Waals surface area contributed by atoms with Crippen LogP contribution in [0.5, 0.6) is 0 Å². The molecule has 0 fully saturated rings. The first-order chi connectivity index (χ1) is 9.05. The standard InChI is InChI=1S/C17H23NO/c1-17(2,3)15-11-19-16(18-15)14-10-6-8-12-7-4-5-9-13(12)14/h4-5,7,9,14-15H,6,8,10-11H2,1-3H3/t14?,15-/m1/s1. The molecule has 1 unspecified atom stereocenters. The molecule has 19 heavy (non-hydrogen) atoms. The zero-order chi connectivity index (χ0) is 13.5. The average molecular weight is 257 g/mol. The van der Waals surface area contributed by atoms with E-state index >= 15 is 0 Å². The first-order valence-electron chi connectivity index (χ1n) is 7.34. The summed E-state index contributed by atoms with van der Waals surface area (Å²) < 4.78 is 5.94. The molecule has 1 aliphatic carbocycles. The van der Waals surface area contributed by atoms with Gasteiger partial charge in [0.15, 0.2) is 5.90 Å². The van der Waals surface area contributed by atoms with Gasteiger partial charge in [0, 0.05) is 0 Å². The predicted octanol–water partition coefficient (Wildman–Crippen LogP) is 3.95. The van der Waals surface area contributed by atoms with Crippen molar-refractivity contribution in [3.05, 3.63) is 35.4 Å². The van der Waals surface area contributed by atoms with Crippen molar-refractivity contribution in [2.45, 2.75) is 52.0 Å². The summed E-state index contributed by atoms with van der Waals surface area (Å²) >= 11 is 0. The number of fused-ring (bicyclic) bond motifs is 1. The normalized spacial score (nSPS) is 26.6. The van der Waals surface area contributed by atoms with Crippen LogP contribution in [0.2, 0.25) is 0 Å². The second-order valence-corrected chi connectivity index (χ2v) is 6.80. The van der Waals surface area contributed by atoms with E-state index in [9.17, 15) is 0 Å². The molecule has 2 aliphatic rings. The Morgan fingerprint density at radius 1 is 1.21 bits per heavy atom. The molecule has 0 radical (unpaired) electrons. The Kier molecular flexibility index (Phi) is 3.12. The molecule has 2 atom stereocenters. The number of nitrogens with zero attached hydrogens (tertiary/aromatic N) is 1. The van der Waals surface area contributed by atoms with E-state index in [0.29, 0.717) is 12.0 Å². The summed E-state index contributed by atoms with van der Waals surface area (Å²) in [5.41, 5.74) is 3.10. The molecule has 0 N–H and O–H groups in total. The highest BCUT2D eigenvalue weighted by atomic mass is 16.5. The summed E-state index contributed by atoms with van der Waals surface area (Å²) in [5.74, 6) is 1.37. The van der Waals surface area contributed by atoms with Crippen LogP contribution in [-0.4, -0.2) is 18.5 Å². The third kappa shape index (κ3) is 2.41. The Labute approximate surface area is 115 Å². The van der Waals surface area contributed by atoms with Crippen LogP contribution < -0.4 is 0 Å². The Bertz CT molecular complexity index is 498. The fourth-order valence-electron chi connectivity index (χ4n) is 3.04. The Hall–Kier alpha value is -1.31. The van der Waals surface area contributed by atoms with Gasteiger partial charge in [-0.2, -0.15) is 0 Å². The van der Waals surface area contributed by atoms with E-state index in [1.165, 1.54) is 30.4 Å². The molecule has 0 saturated carbocycles. The number of ether oxygens (including phenoxy) is 1. The molecule has 0 saturated heterocycles. The molecule has 0 aromatic heterocycles. The second kappa shape index (κ2) is 4.66. The lowest BCUT2D eigenvalue weighted by molar-refractivity contribution is 0.230. The van der Waals surface area contributed by atoms with Gasteiger partial charge in [-0.05, 0) is 35.8 Å². The number of hydrogen-bond acceptors (Lipinski definition) is 2. The van der Waals surface area contributed by atoms with E-state index in [4.69, 9.17) is 9.73 Å². The molecule has 0 spiro atoms. The first-order valence-corrected chi connectivity index (χ1v) is 7.34. The fourth-order valence-corrected chi connectivity index (χ4v) is 3.04. The lowest BCUT2D eigenvalue weighted by Crippen LogP contribution is -2.25. The molecule has 1 heterocycles. The SMILES string of the molecule is CC(C)(C)[C@H]1COC(C2CCCc3ccccc32)=N1. The van der Waals surface area contributed by atoms with Gasteiger partial charge in [-0.3, -0.25) is 0 Å². The number of aryl methyl sites for hydroxylation is 1. The van der Waals surface area contributed by atoms with E-state index in [-0.39, 0.29) is 5.41 Å². The fraction of sp³-hybridized carbons (Fsp3) is 0.588. The van der Waals surface area contributed by atoms with E-state index in [2.05, 4.69) is 45.0 Å². The van der Waals surface area contributed by atoms with E-state index in [1.807, 2.05) is 0 Å². The second-order valence-electron chi connectivity index (χ2n) is 6.80. The molecule has 0 amide bonds. The van der Waals surface area contributed by atoms with Gasteiger partial charge in [0.05, 0.1) is 12.0 Å². The molecule has 0 bridgehead atoms. The maximum Gasteiger partial charge on any atom is 0.191 e. The summed E-state index contributed by atoms with van der Waals surface area (Å²) in [6, 6.07) is 9.06. The van der Waals surface area contributed by atoms with Gasteiger partial charge in [0.2, 0.25) is 0 Å². The number of aliphatic imine (C=N–C) groups is 1.